The van der Waals surface area contributed by atoms with Crippen LogP contribution in [-0.2, 0) is 0 Å². The number of fused-ring (bicyclic) bond motifs is 2. The van der Waals surface area contributed by atoms with Crippen molar-refractivity contribution < 1.29 is 4.74 Å². The highest BCUT2D eigenvalue weighted by Crippen LogP contribution is 2.45. The van der Waals surface area contributed by atoms with Crippen LogP contribution in [0.3, 0.4) is 0 Å². The van der Waals surface area contributed by atoms with Crippen molar-refractivity contribution in [2.75, 3.05) is 49.5 Å². The van der Waals surface area contributed by atoms with Crippen LogP contribution in [0.1, 0.15) is 4.88 Å². The van der Waals surface area contributed by atoms with Crippen molar-refractivity contribution in [2.45, 2.75) is 9.79 Å². The molecule has 6 rings (SSSR count). The lowest BCUT2D eigenvalue weighted by molar-refractivity contribution is 0.200. The molecule has 0 spiro atoms. The maximum atomic E-state index is 7.78. The third-order valence-corrected chi connectivity index (χ3v) is 8.93. The Morgan fingerprint density at radius 2 is 1.70 bits per heavy atom. The lowest BCUT2D eigenvalue weighted by atomic mass is 10.1. The monoisotopic (exact) mass is 527 g/mol. The summed E-state index contributed by atoms with van der Waals surface area (Å²) >= 11 is 3.31. The Kier molecular flexibility index (Phi) is 6.78. The molecule has 1 fully saturated rings. The number of ether oxygens (including phenoxy) is 1. The fraction of sp³-hybridized carbons (Fsp3) is 0.207. The second-order valence-corrected chi connectivity index (χ2v) is 11.2. The number of nitrogens with one attached hydrogen (secondary N) is 2. The topological polar surface area (TPSA) is 77.6 Å². The number of benzene rings is 3. The molecule has 2 aliphatic heterocycles. The molecule has 2 aliphatic rings. The van der Waals surface area contributed by atoms with Crippen molar-refractivity contribution in [3.05, 3.63) is 83.1 Å². The third-order valence-electron chi connectivity index (χ3n) is 6.83. The molecule has 3 heterocycles. The molecular weight excluding hydrogens is 498 g/mol. The van der Waals surface area contributed by atoms with Gasteiger partial charge in [0, 0.05) is 59.8 Å². The Hall–Kier alpha value is -3.46. The first-order valence-corrected chi connectivity index (χ1v) is 14.1. The fourth-order valence-electron chi connectivity index (χ4n) is 4.83. The van der Waals surface area contributed by atoms with Crippen molar-refractivity contribution in [2.24, 2.45) is 5.73 Å². The van der Waals surface area contributed by atoms with Gasteiger partial charge in [-0.15, -0.1) is 11.3 Å². The second-order valence-electron chi connectivity index (χ2n) is 9.18. The van der Waals surface area contributed by atoms with E-state index in [-0.39, 0.29) is 5.84 Å². The van der Waals surface area contributed by atoms with E-state index in [4.69, 9.17) is 15.9 Å². The van der Waals surface area contributed by atoms with Gasteiger partial charge in [0.05, 0.1) is 16.3 Å². The SMILES string of the molecule is N=C(N)c1sccc1-c1ccc(N2CCN(CCOc3ccc4c(c3)Nc3ccccc3S4)CC2)cc1. The molecule has 0 atom stereocenters. The molecule has 0 amide bonds. The average Bonchev–Trinajstić information content (AvgIpc) is 3.43. The molecule has 3 aromatic carbocycles. The highest BCUT2D eigenvalue weighted by molar-refractivity contribution is 7.99. The highest BCUT2D eigenvalue weighted by Gasteiger charge is 2.19. The van der Waals surface area contributed by atoms with Gasteiger partial charge in [-0.05, 0) is 53.4 Å². The molecule has 0 aliphatic carbocycles. The lowest BCUT2D eigenvalue weighted by Crippen LogP contribution is -2.47. The number of amidine groups is 1. The van der Waals surface area contributed by atoms with Gasteiger partial charge in [-0.3, -0.25) is 10.3 Å². The maximum Gasteiger partial charge on any atom is 0.133 e. The van der Waals surface area contributed by atoms with Crippen LogP contribution in [0, 0.1) is 5.41 Å². The van der Waals surface area contributed by atoms with Gasteiger partial charge in [0.1, 0.15) is 18.2 Å². The number of hydrogen-bond donors (Lipinski definition) is 3. The van der Waals surface area contributed by atoms with Gasteiger partial charge >= 0.3 is 0 Å². The van der Waals surface area contributed by atoms with Crippen LogP contribution < -0.4 is 20.7 Å². The zero-order valence-electron chi connectivity index (χ0n) is 20.4. The molecule has 8 heteroatoms. The number of nitrogen functional groups attached to an aromatic ring is 1. The van der Waals surface area contributed by atoms with Gasteiger partial charge in [-0.25, -0.2) is 0 Å². The van der Waals surface area contributed by atoms with E-state index in [1.807, 2.05) is 11.4 Å². The van der Waals surface area contributed by atoms with Gasteiger partial charge in [0.25, 0.3) is 0 Å². The Morgan fingerprint density at radius 1 is 0.919 bits per heavy atom. The van der Waals surface area contributed by atoms with Crippen LogP contribution in [0.5, 0.6) is 5.75 Å². The molecule has 37 heavy (non-hydrogen) atoms. The number of hydrogen-bond acceptors (Lipinski definition) is 7. The normalized spacial score (nSPS) is 15.0. The first-order valence-electron chi connectivity index (χ1n) is 12.4. The van der Waals surface area contributed by atoms with E-state index in [0.717, 1.165) is 65.9 Å². The van der Waals surface area contributed by atoms with E-state index >= 15 is 0 Å². The van der Waals surface area contributed by atoms with Crippen LogP contribution in [0.4, 0.5) is 17.1 Å². The van der Waals surface area contributed by atoms with Crippen LogP contribution in [0.15, 0.2) is 88.0 Å². The summed E-state index contributed by atoms with van der Waals surface area (Å²) in [5.74, 6) is 1.03. The standard InChI is InChI=1S/C29H29N5OS2/c30-29(31)28-23(11-18-36-28)20-5-7-21(8-6-20)34-14-12-33(13-15-34)16-17-35-22-9-10-27-25(19-22)32-24-3-1-2-4-26(24)37-27/h1-11,18-19,32H,12-17H2,(H3,30,31). The molecule has 0 bridgehead atoms. The minimum atomic E-state index is 0.127. The highest BCUT2D eigenvalue weighted by atomic mass is 32.2. The molecule has 6 nitrogen and oxygen atoms in total. The summed E-state index contributed by atoms with van der Waals surface area (Å²) in [6.07, 6.45) is 0. The van der Waals surface area contributed by atoms with Crippen LogP contribution in [-0.4, -0.2) is 50.1 Å². The number of rotatable bonds is 7. The summed E-state index contributed by atoms with van der Waals surface area (Å²) in [4.78, 5) is 8.22. The predicted molar refractivity (Wildman–Crippen MR) is 155 cm³/mol. The molecular formula is C29H29N5OS2. The number of nitrogens with zero attached hydrogens (tertiary/aromatic N) is 2. The van der Waals surface area contributed by atoms with E-state index in [0.29, 0.717) is 6.61 Å². The van der Waals surface area contributed by atoms with Gasteiger partial charge in [0.2, 0.25) is 0 Å². The lowest BCUT2D eigenvalue weighted by Gasteiger charge is -2.36. The summed E-state index contributed by atoms with van der Waals surface area (Å²) < 4.78 is 6.12. The van der Waals surface area contributed by atoms with Crippen molar-refractivity contribution in [1.29, 1.82) is 5.41 Å². The number of thiophene rings is 1. The minimum absolute atomic E-state index is 0.127. The minimum Gasteiger partial charge on any atom is -0.492 e. The maximum absolute atomic E-state index is 7.78. The Labute approximate surface area is 225 Å². The van der Waals surface area contributed by atoms with Crippen LogP contribution in [0.2, 0.25) is 0 Å². The second kappa shape index (κ2) is 10.5. The summed E-state index contributed by atoms with van der Waals surface area (Å²) in [6.45, 7) is 5.62. The summed E-state index contributed by atoms with van der Waals surface area (Å²) in [5, 5.41) is 13.3. The zero-order valence-corrected chi connectivity index (χ0v) is 22.1. The molecule has 4 N–H and O–H groups in total. The Morgan fingerprint density at radius 3 is 2.51 bits per heavy atom. The van der Waals surface area contributed by atoms with Gasteiger partial charge in [-0.2, -0.15) is 0 Å². The summed E-state index contributed by atoms with van der Waals surface area (Å²) in [7, 11) is 0. The van der Waals surface area contributed by atoms with Crippen LogP contribution >= 0.6 is 23.1 Å². The van der Waals surface area contributed by atoms with Gasteiger partial charge < -0.3 is 20.7 Å². The van der Waals surface area contributed by atoms with E-state index in [1.54, 1.807) is 11.8 Å². The quantitative estimate of drug-likeness (QED) is 0.175. The Bertz CT molecular complexity index is 1410. The van der Waals surface area contributed by atoms with Crippen molar-refractivity contribution in [3.8, 4) is 16.9 Å². The van der Waals surface area contributed by atoms with E-state index in [1.165, 1.54) is 26.8 Å². The predicted octanol–water partition coefficient (Wildman–Crippen LogP) is 6.11. The first-order chi connectivity index (χ1) is 18.1. The molecule has 0 unspecified atom stereocenters. The largest absolute Gasteiger partial charge is 0.492 e. The van der Waals surface area contributed by atoms with Crippen molar-refractivity contribution >= 4 is 46.0 Å². The van der Waals surface area contributed by atoms with Crippen molar-refractivity contribution in [1.82, 2.24) is 4.90 Å². The molecule has 188 valence electrons. The molecule has 1 saturated heterocycles. The average molecular weight is 528 g/mol. The van der Waals surface area contributed by atoms with E-state index in [2.05, 4.69) is 81.8 Å². The number of anilines is 3. The Balaban J connectivity index is 0.987. The van der Waals surface area contributed by atoms with E-state index < -0.39 is 0 Å². The van der Waals surface area contributed by atoms with Crippen molar-refractivity contribution in [3.63, 3.8) is 0 Å². The summed E-state index contributed by atoms with van der Waals surface area (Å²) in [5.41, 5.74) is 11.4. The smallest absolute Gasteiger partial charge is 0.133 e. The van der Waals surface area contributed by atoms with Gasteiger partial charge in [-0.1, -0.05) is 36.0 Å². The fourth-order valence-corrected chi connectivity index (χ4v) is 6.58. The number of nitrogens with two attached hydrogens (primary N) is 1. The van der Waals surface area contributed by atoms with Crippen LogP contribution in [0.25, 0.3) is 11.1 Å². The molecule has 1 aromatic heterocycles. The van der Waals surface area contributed by atoms with E-state index in [9.17, 15) is 0 Å². The third kappa shape index (κ3) is 5.18. The first kappa shape index (κ1) is 23.9. The molecule has 4 aromatic rings. The summed E-state index contributed by atoms with van der Waals surface area (Å²) in [6, 6.07) is 25.4. The number of para-hydroxylation sites is 1. The molecule has 0 saturated carbocycles. The zero-order chi connectivity index (χ0) is 25.2. The van der Waals surface area contributed by atoms with Gasteiger partial charge in [0.15, 0.2) is 0 Å². The molecule has 0 radical (unpaired) electrons. The number of piperazine rings is 1.